The van der Waals surface area contributed by atoms with Crippen LogP contribution >= 0.6 is 0 Å². The quantitative estimate of drug-likeness (QED) is 0.278. The first-order valence-electron chi connectivity index (χ1n) is 15.5. The summed E-state index contributed by atoms with van der Waals surface area (Å²) in [6.45, 7) is 12.4. The highest BCUT2D eigenvalue weighted by Gasteiger charge is 2.58. The lowest BCUT2D eigenvalue weighted by atomic mass is 10.00. The van der Waals surface area contributed by atoms with Gasteiger partial charge in [0.05, 0.1) is 26.4 Å². The van der Waals surface area contributed by atoms with E-state index >= 15 is 0 Å². The Hall–Kier alpha value is -1.33. The van der Waals surface area contributed by atoms with Crippen LogP contribution in [0, 0.1) is 0 Å². The predicted octanol–water partition coefficient (Wildman–Crippen LogP) is 6.30. The molecule has 0 radical (unpaired) electrons. The van der Waals surface area contributed by atoms with Crippen molar-refractivity contribution in [3.63, 3.8) is 0 Å². The van der Waals surface area contributed by atoms with E-state index in [9.17, 15) is 4.79 Å². The molecule has 2 aliphatic carbocycles. The minimum atomic E-state index is -1.92. The molecule has 2 saturated carbocycles. The molecule has 1 aromatic carbocycles. The van der Waals surface area contributed by atoms with Gasteiger partial charge in [0, 0.05) is 32.3 Å². The van der Waals surface area contributed by atoms with Gasteiger partial charge in [0.25, 0.3) is 0 Å². The number of ether oxygens (including phenoxy) is 6. The Balaban J connectivity index is 1.27. The molecule has 0 bridgehead atoms. The number of carbonyl (C=O) groups excluding carboxylic acids is 1. The first kappa shape index (κ1) is 31.1. The topological polar surface area (TPSA) is 81.7 Å². The normalized spacial score (nSPS) is 29.1. The van der Waals surface area contributed by atoms with Gasteiger partial charge in [0.2, 0.25) is 0 Å². The second kappa shape index (κ2) is 12.3. The van der Waals surface area contributed by atoms with Crippen LogP contribution in [0.15, 0.2) is 24.3 Å². The second-order valence-electron chi connectivity index (χ2n) is 13.8. The summed E-state index contributed by atoms with van der Waals surface area (Å²) < 4.78 is 43.9. The molecule has 5 rings (SSSR count). The summed E-state index contributed by atoms with van der Waals surface area (Å²) in [6.07, 6.45) is 5.66. The molecular formula is C32H50O8Si. The maximum Gasteiger partial charge on any atom is 0.195 e. The molecule has 4 fully saturated rings. The largest absolute Gasteiger partial charge is 0.497 e. The van der Waals surface area contributed by atoms with Crippen molar-refractivity contribution in [1.29, 1.82) is 0 Å². The second-order valence-corrected chi connectivity index (χ2v) is 18.6. The van der Waals surface area contributed by atoms with Crippen LogP contribution in [-0.2, 0) is 39.5 Å². The smallest absolute Gasteiger partial charge is 0.195 e. The van der Waals surface area contributed by atoms with Crippen molar-refractivity contribution >= 4 is 14.1 Å². The molecule has 1 aromatic rings. The highest BCUT2D eigenvalue weighted by molar-refractivity contribution is 6.74. The van der Waals surface area contributed by atoms with Crippen molar-refractivity contribution in [1.82, 2.24) is 0 Å². The molecule has 230 valence electrons. The molecule has 0 amide bonds. The first-order chi connectivity index (χ1) is 19.4. The van der Waals surface area contributed by atoms with Gasteiger partial charge >= 0.3 is 0 Å². The van der Waals surface area contributed by atoms with Gasteiger partial charge in [0.1, 0.15) is 18.0 Å². The Labute approximate surface area is 246 Å². The van der Waals surface area contributed by atoms with Crippen LogP contribution in [-0.4, -0.2) is 70.4 Å². The number of hydrogen-bond donors (Lipinski definition) is 0. The number of methoxy groups -OCH3 is 1. The maximum atomic E-state index is 14.3. The third-order valence-corrected chi connectivity index (χ3v) is 14.3. The van der Waals surface area contributed by atoms with Crippen LogP contribution < -0.4 is 4.74 Å². The average molecular weight is 591 g/mol. The summed E-state index contributed by atoms with van der Waals surface area (Å²) in [5, 5.41) is 0.117. The van der Waals surface area contributed by atoms with Gasteiger partial charge in [-0.2, -0.15) is 0 Å². The Morgan fingerprint density at radius 2 is 1.41 bits per heavy atom. The summed E-state index contributed by atoms with van der Waals surface area (Å²) in [4.78, 5) is 14.3. The zero-order chi connectivity index (χ0) is 29.3. The van der Waals surface area contributed by atoms with Crippen molar-refractivity contribution in [2.24, 2.45) is 0 Å². The fourth-order valence-electron chi connectivity index (χ4n) is 6.28. The van der Waals surface area contributed by atoms with E-state index in [1.54, 1.807) is 7.11 Å². The monoisotopic (exact) mass is 590 g/mol. The molecule has 2 heterocycles. The maximum absolute atomic E-state index is 14.3. The van der Waals surface area contributed by atoms with E-state index in [0.29, 0.717) is 19.6 Å². The first-order valence-corrected chi connectivity index (χ1v) is 18.5. The third kappa shape index (κ3) is 6.92. The minimum Gasteiger partial charge on any atom is -0.497 e. The highest BCUT2D eigenvalue weighted by Crippen LogP contribution is 2.46. The van der Waals surface area contributed by atoms with E-state index in [-0.39, 0.29) is 23.5 Å². The van der Waals surface area contributed by atoms with Crippen LogP contribution in [0.25, 0.3) is 0 Å². The molecule has 0 N–H and O–H groups in total. The molecule has 4 atom stereocenters. The van der Waals surface area contributed by atoms with Gasteiger partial charge in [-0.1, -0.05) is 32.9 Å². The van der Waals surface area contributed by atoms with Crippen LogP contribution in [0.1, 0.15) is 84.1 Å². The summed E-state index contributed by atoms with van der Waals surface area (Å²) in [6, 6.07) is 7.79. The molecule has 2 spiro atoms. The van der Waals surface area contributed by atoms with Crippen molar-refractivity contribution in [3.8, 4) is 5.75 Å². The predicted molar refractivity (Wildman–Crippen MR) is 157 cm³/mol. The number of hydrogen-bond acceptors (Lipinski definition) is 8. The standard InChI is InChI=1S/C32H50O8Si/c1-30(2,3)41(5,6)36-20-15-25-28(39-31(37-25)16-7-8-17-31)27(33)29-26(38-32(40-29)18-9-10-19-32)22-35-21-23-11-13-24(34-4)14-12-23/h11-14,25-26,28-29H,7-10,15-22H2,1-6H3/t25-,26+,28+,29-/m0/s1. The summed E-state index contributed by atoms with van der Waals surface area (Å²) >= 11 is 0. The minimum absolute atomic E-state index is 0.0899. The highest BCUT2D eigenvalue weighted by atomic mass is 28.4. The van der Waals surface area contributed by atoms with Crippen molar-refractivity contribution < 1.29 is 37.6 Å². The number of Topliss-reactive ketones (excluding diaryl/α,β-unsaturated/α-hetero) is 1. The van der Waals surface area contributed by atoms with E-state index in [1.807, 2.05) is 24.3 Å². The van der Waals surface area contributed by atoms with E-state index in [4.69, 9.17) is 32.8 Å². The van der Waals surface area contributed by atoms with E-state index in [1.165, 1.54) is 0 Å². The zero-order valence-corrected chi connectivity index (χ0v) is 26.9. The lowest BCUT2D eigenvalue weighted by Gasteiger charge is -2.36. The molecule has 41 heavy (non-hydrogen) atoms. The van der Waals surface area contributed by atoms with Crippen molar-refractivity contribution in [3.05, 3.63) is 29.8 Å². The fraction of sp³-hybridized carbons (Fsp3) is 0.781. The van der Waals surface area contributed by atoms with Gasteiger partial charge in [-0.25, -0.2) is 0 Å². The number of ketones is 1. The van der Waals surface area contributed by atoms with Crippen molar-refractivity contribution in [2.75, 3.05) is 20.3 Å². The van der Waals surface area contributed by atoms with Gasteiger partial charge in [-0.05, 0) is 67.9 Å². The Morgan fingerprint density at radius 3 is 1.95 bits per heavy atom. The Bertz CT molecular complexity index is 1020. The van der Waals surface area contributed by atoms with E-state index in [0.717, 1.165) is 62.7 Å². The number of rotatable bonds is 11. The molecule has 9 heteroatoms. The third-order valence-electron chi connectivity index (χ3n) is 9.76. The van der Waals surface area contributed by atoms with Crippen molar-refractivity contribution in [2.45, 2.75) is 139 Å². The van der Waals surface area contributed by atoms with Gasteiger partial charge in [-0.3, -0.25) is 4.79 Å². The molecule has 2 saturated heterocycles. The molecule has 2 aliphatic heterocycles. The van der Waals surface area contributed by atoms with Crippen LogP contribution in [0.3, 0.4) is 0 Å². The summed E-state index contributed by atoms with van der Waals surface area (Å²) in [7, 11) is -0.271. The van der Waals surface area contributed by atoms with Gasteiger partial charge in [-0.15, -0.1) is 0 Å². The summed E-state index contributed by atoms with van der Waals surface area (Å²) in [5.74, 6) is -0.668. The number of benzene rings is 1. The molecule has 0 aromatic heterocycles. The lowest BCUT2D eigenvalue weighted by Crippen LogP contribution is -2.46. The van der Waals surface area contributed by atoms with Gasteiger partial charge in [0.15, 0.2) is 31.8 Å². The Morgan fingerprint density at radius 1 is 0.878 bits per heavy atom. The average Bonchev–Trinajstić information content (AvgIpc) is 3.73. The molecule has 8 nitrogen and oxygen atoms in total. The molecular weight excluding hydrogens is 540 g/mol. The Kier molecular flexibility index (Phi) is 9.36. The van der Waals surface area contributed by atoms with Gasteiger partial charge < -0.3 is 32.8 Å². The van der Waals surface area contributed by atoms with E-state index < -0.39 is 38.2 Å². The molecule has 4 aliphatic rings. The van der Waals surface area contributed by atoms with Crippen LogP contribution in [0.4, 0.5) is 0 Å². The lowest BCUT2D eigenvalue weighted by molar-refractivity contribution is -0.184. The van der Waals surface area contributed by atoms with Crippen LogP contribution in [0.2, 0.25) is 18.1 Å². The molecule has 0 unspecified atom stereocenters. The number of carbonyl (C=O) groups is 1. The SMILES string of the molecule is COc1ccc(COC[C@H]2OC3(CCCC3)O[C@@H]2C(=O)[C@@H]2OC3(CCCC3)O[C@H]2CCO[Si](C)(C)C(C)(C)C)cc1. The summed E-state index contributed by atoms with van der Waals surface area (Å²) in [5.41, 5.74) is 1.03. The zero-order valence-electron chi connectivity index (χ0n) is 25.9. The van der Waals surface area contributed by atoms with Crippen LogP contribution in [0.5, 0.6) is 5.75 Å². The fourth-order valence-corrected chi connectivity index (χ4v) is 7.34. The van der Waals surface area contributed by atoms with E-state index in [2.05, 4.69) is 33.9 Å².